The van der Waals surface area contributed by atoms with Gasteiger partial charge >= 0.3 is 6.16 Å². The molecular weight excluding hydrogens is 398 g/mol. The molecule has 8 nitrogen and oxygen atoms in total. The number of pyridine rings is 1. The summed E-state index contributed by atoms with van der Waals surface area (Å²) in [6.45, 7) is 2.22. The van der Waals surface area contributed by atoms with Crippen LogP contribution in [0.1, 0.15) is 33.2 Å². The molecule has 0 unspecified atom stereocenters. The van der Waals surface area contributed by atoms with E-state index in [1.54, 1.807) is 49.5 Å². The van der Waals surface area contributed by atoms with Gasteiger partial charge in [-0.05, 0) is 61.0 Å². The van der Waals surface area contributed by atoms with Crippen LogP contribution in [0.5, 0.6) is 5.75 Å². The number of hydrogen-bond acceptors (Lipinski definition) is 6. The highest BCUT2D eigenvalue weighted by molar-refractivity contribution is 6.04. The summed E-state index contributed by atoms with van der Waals surface area (Å²) in [7, 11) is 0. The maximum atomic E-state index is 12.3. The van der Waals surface area contributed by atoms with Crippen LogP contribution in [0, 0.1) is 0 Å². The number of carbonyl (C=O) groups is 3. The second-order valence-electron chi connectivity index (χ2n) is 6.38. The van der Waals surface area contributed by atoms with E-state index in [1.807, 2.05) is 12.1 Å². The molecule has 0 bridgehead atoms. The van der Waals surface area contributed by atoms with Gasteiger partial charge in [0.25, 0.3) is 11.8 Å². The van der Waals surface area contributed by atoms with Crippen molar-refractivity contribution < 1.29 is 23.9 Å². The van der Waals surface area contributed by atoms with Crippen LogP contribution < -0.4 is 15.4 Å². The van der Waals surface area contributed by atoms with Gasteiger partial charge in [-0.15, -0.1) is 0 Å². The molecule has 2 amide bonds. The molecule has 3 aromatic rings. The number of anilines is 1. The molecule has 3 rings (SSSR count). The molecule has 2 aromatic carbocycles. The van der Waals surface area contributed by atoms with E-state index < -0.39 is 6.16 Å². The second kappa shape index (κ2) is 10.5. The molecule has 0 saturated carbocycles. The third-order valence-corrected chi connectivity index (χ3v) is 4.17. The molecule has 1 heterocycles. The fraction of sp³-hybridized carbons (Fsp3) is 0.130. The molecular formula is C23H21N3O5. The lowest BCUT2D eigenvalue weighted by Gasteiger charge is -2.09. The van der Waals surface area contributed by atoms with E-state index in [2.05, 4.69) is 15.6 Å². The summed E-state index contributed by atoms with van der Waals surface area (Å²) in [5.41, 5.74) is 2.41. The molecule has 0 aliphatic rings. The van der Waals surface area contributed by atoms with Crippen LogP contribution in [0.2, 0.25) is 0 Å². The molecule has 0 atom stereocenters. The Kier molecular flexibility index (Phi) is 7.31. The molecule has 0 aliphatic carbocycles. The maximum absolute atomic E-state index is 12.3. The zero-order chi connectivity index (χ0) is 22.1. The number of ether oxygens (including phenoxy) is 2. The average molecular weight is 419 g/mol. The largest absolute Gasteiger partial charge is 0.513 e. The van der Waals surface area contributed by atoms with Crippen molar-refractivity contribution in [2.24, 2.45) is 0 Å². The van der Waals surface area contributed by atoms with Crippen LogP contribution in [-0.4, -0.2) is 29.6 Å². The summed E-state index contributed by atoms with van der Waals surface area (Å²) in [5.74, 6) is -0.222. The van der Waals surface area contributed by atoms with Crippen LogP contribution in [0.15, 0.2) is 73.1 Å². The Morgan fingerprint density at radius 3 is 2.29 bits per heavy atom. The summed E-state index contributed by atoms with van der Waals surface area (Å²) in [4.78, 5) is 39.7. The van der Waals surface area contributed by atoms with Gasteiger partial charge in [-0.2, -0.15) is 0 Å². The van der Waals surface area contributed by atoms with Gasteiger partial charge in [0.05, 0.1) is 12.2 Å². The number of nitrogens with one attached hydrogen (secondary N) is 2. The maximum Gasteiger partial charge on any atom is 0.513 e. The molecule has 8 heteroatoms. The fourth-order valence-electron chi connectivity index (χ4n) is 2.61. The molecule has 31 heavy (non-hydrogen) atoms. The lowest BCUT2D eigenvalue weighted by atomic mass is 10.1. The van der Waals surface area contributed by atoms with E-state index in [9.17, 15) is 14.4 Å². The summed E-state index contributed by atoms with van der Waals surface area (Å²) < 4.78 is 9.66. The predicted molar refractivity (Wildman–Crippen MR) is 114 cm³/mol. The van der Waals surface area contributed by atoms with E-state index >= 15 is 0 Å². The molecule has 1 aromatic heterocycles. The minimum Gasteiger partial charge on any atom is -0.434 e. The van der Waals surface area contributed by atoms with E-state index in [0.717, 1.165) is 5.56 Å². The minimum absolute atomic E-state index is 0.219. The van der Waals surface area contributed by atoms with Crippen molar-refractivity contribution in [2.75, 3.05) is 11.9 Å². The predicted octanol–water partition coefficient (Wildman–Crippen LogP) is 3.80. The summed E-state index contributed by atoms with van der Waals surface area (Å²) in [5, 5.41) is 5.61. The Balaban J connectivity index is 1.50. The molecule has 0 spiro atoms. The zero-order valence-electron chi connectivity index (χ0n) is 16.8. The minimum atomic E-state index is -0.792. The van der Waals surface area contributed by atoms with Crippen LogP contribution in [0.3, 0.4) is 0 Å². The van der Waals surface area contributed by atoms with E-state index in [-0.39, 0.29) is 18.4 Å². The Hall–Kier alpha value is -4.20. The highest BCUT2D eigenvalue weighted by atomic mass is 16.7. The van der Waals surface area contributed by atoms with Gasteiger partial charge in [0, 0.05) is 30.2 Å². The van der Waals surface area contributed by atoms with Gasteiger partial charge in [0.2, 0.25) is 0 Å². The number of amides is 2. The molecule has 0 fully saturated rings. The lowest BCUT2D eigenvalue weighted by Crippen LogP contribution is -2.22. The van der Waals surface area contributed by atoms with Crippen molar-refractivity contribution in [1.82, 2.24) is 10.3 Å². The van der Waals surface area contributed by atoms with E-state index in [0.29, 0.717) is 29.1 Å². The molecule has 0 radical (unpaired) electrons. The van der Waals surface area contributed by atoms with Crippen molar-refractivity contribution in [1.29, 1.82) is 0 Å². The van der Waals surface area contributed by atoms with Crippen molar-refractivity contribution in [3.8, 4) is 5.75 Å². The van der Waals surface area contributed by atoms with Crippen molar-refractivity contribution in [3.63, 3.8) is 0 Å². The van der Waals surface area contributed by atoms with Crippen LogP contribution in [0.25, 0.3) is 0 Å². The van der Waals surface area contributed by atoms with Gasteiger partial charge in [0.15, 0.2) is 0 Å². The second-order valence-corrected chi connectivity index (χ2v) is 6.38. The quantitative estimate of drug-likeness (QED) is 0.446. The Morgan fingerprint density at radius 1 is 0.903 bits per heavy atom. The monoisotopic (exact) mass is 419 g/mol. The van der Waals surface area contributed by atoms with Crippen molar-refractivity contribution >= 4 is 23.7 Å². The van der Waals surface area contributed by atoms with Crippen LogP contribution in [-0.2, 0) is 11.3 Å². The Bertz CT molecular complexity index is 1040. The van der Waals surface area contributed by atoms with Gasteiger partial charge < -0.3 is 20.1 Å². The first-order valence-corrected chi connectivity index (χ1v) is 9.58. The van der Waals surface area contributed by atoms with Gasteiger partial charge in [-0.1, -0.05) is 12.1 Å². The first kappa shape index (κ1) is 21.5. The number of aromatic nitrogens is 1. The third kappa shape index (κ3) is 6.40. The number of nitrogens with zero attached hydrogens (tertiary/aromatic N) is 1. The molecule has 158 valence electrons. The Labute approximate surface area is 179 Å². The number of benzene rings is 2. The van der Waals surface area contributed by atoms with E-state index in [4.69, 9.17) is 9.47 Å². The SMILES string of the molecule is CCOC(=O)Oc1ccc(C(=O)NCc2ccc(NC(=O)c3cccnc3)cc2)cc1. The fourth-order valence-corrected chi connectivity index (χ4v) is 2.61. The standard InChI is InChI=1S/C23H21N3O5/c1-2-30-23(29)31-20-11-7-17(8-12-20)21(27)25-14-16-5-9-19(10-6-16)26-22(28)18-4-3-13-24-15-18/h3-13,15H,2,14H2,1H3,(H,25,27)(H,26,28). The average Bonchev–Trinajstić information content (AvgIpc) is 2.79. The lowest BCUT2D eigenvalue weighted by molar-refractivity contribution is 0.0950. The van der Waals surface area contributed by atoms with Crippen LogP contribution >= 0.6 is 0 Å². The highest BCUT2D eigenvalue weighted by Gasteiger charge is 2.09. The van der Waals surface area contributed by atoms with Crippen molar-refractivity contribution in [3.05, 3.63) is 89.7 Å². The molecule has 2 N–H and O–H groups in total. The molecule has 0 saturated heterocycles. The third-order valence-electron chi connectivity index (χ3n) is 4.17. The number of hydrogen-bond donors (Lipinski definition) is 2. The topological polar surface area (TPSA) is 107 Å². The normalized spacial score (nSPS) is 10.1. The summed E-state index contributed by atoms with van der Waals surface area (Å²) >= 11 is 0. The van der Waals surface area contributed by atoms with Crippen molar-refractivity contribution in [2.45, 2.75) is 13.5 Å². The summed E-state index contributed by atoms with van der Waals surface area (Å²) in [6.07, 6.45) is 2.31. The summed E-state index contributed by atoms with van der Waals surface area (Å²) in [6, 6.07) is 16.7. The smallest absolute Gasteiger partial charge is 0.434 e. The Morgan fingerprint density at radius 2 is 1.65 bits per heavy atom. The van der Waals surface area contributed by atoms with Crippen LogP contribution in [0.4, 0.5) is 10.5 Å². The van der Waals surface area contributed by atoms with Gasteiger partial charge in [0.1, 0.15) is 5.75 Å². The number of rotatable bonds is 7. The first-order valence-electron chi connectivity index (χ1n) is 9.58. The zero-order valence-corrected chi connectivity index (χ0v) is 16.8. The highest BCUT2D eigenvalue weighted by Crippen LogP contribution is 2.14. The van der Waals surface area contributed by atoms with Gasteiger partial charge in [-0.25, -0.2) is 4.79 Å². The number of carbonyl (C=O) groups excluding carboxylic acids is 3. The molecule has 0 aliphatic heterocycles. The van der Waals surface area contributed by atoms with E-state index in [1.165, 1.54) is 18.3 Å². The first-order chi connectivity index (χ1) is 15.0. The van der Waals surface area contributed by atoms with Gasteiger partial charge in [-0.3, -0.25) is 14.6 Å².